The highest BCUT2D eigenvalue weighted by atomic mass is 14.8. The van der Waals surface area contributed by atoms with E-state index in [0.717, 1.165) is 6.54 Å². The molecule has 0 saturated carbocycles. The summed E-state index contributed by atoms with van der Waals surface area (Å²) in [6.07, 6.45) is 2.29. The lowest BCUT2D eigenvalue weighted by Gasteiger charge is -2.42. The van der Waals surface area contributed by atoms with Gasteiger partial charge in [-0.1, -0.05) is 61.5 Å². The normalized spacial score (nSPS) is 18.5. The molecule has 0 aliphatic carbocycles. The second-order valence-electron chi connectivity index (χ2n) is 7.43. The van der Waals surface area contributed by atoms with Crippen molar-refractivity contribution in [3.05, 3.63) is 11.6 Å². The Morgan fingerprint density at radius 1 is 0.938 bits per heavy atom. The summed E-state index contributed by atoms with van der Waals surface area (Å²) >= 11 is 0. The van der Waals surface area contributed by atoms with Gasteiger partial charge < -0.3 is 0 Å². The molecule has 0 unspecified atom stereocenters. The predicted octanol–water partition coefficient (Wildman–Crippen LogP) is 4.49. The van der Waals surface area contributed by atoms with Crippen LogP contribution in [0, 0.1) is 16.2 Å². The third-order valence-corrected chi connectivity index (χ3v) is 4.07. The van der Waals surface area contributed by atoms with Gasteiger partial charge in [-0.3, -0.25) is 4.99 Å². The first-order chi connectivity index (χ1) is 6.98. The fourth-order valence-electron chi connectivity index (χ4n) is 1.96. The van der Waals surface area contributed by atoms with Crippen LogP contribution in [0.2, 0.25) is 0 Å². The molecule has 1 rings (SSSR count). The molecular weight excluding hydrogens is 194 g/mol. The largest absolute Gasteiger partial charge is 0.285 e. The summed E-state index contributed by atoms with van der Waals surface area (Å²) in [6, 6.07) is 0. The van der Waals surface area contributed by atoms with Gasteiger partial charge in [0, 0.05) is 11.1 Å². The van der Waals surface area contributed by atoms with Gasteiger partial charge in [-0.05, 0) is 16.4 Å². The summed E-state index contributed by atoms with van der Waals surface area (Å²) in [4.78, 5) is 4.75. The second kappa shape index (κ2) is 3.72. The maximum absolute atomic E-state index is 4.75. The van der Waals surface area contributed by atoms with Crippen molar-refractivity contribution < 1.29 is 0 Å². The van der Waals surface area contributed by atoms with Crippen LogP contribution in [0.15, 0.2) is 16.6 Å². The molecule has 92 valence electrons. The maximum Gasteiger partial charge on any atom is 0.0580 e. The van der Waals surface area contributed by atoms with Crippen molar-refractivity contribution >= 4 is 5.71 Å². The zero-order valence-electron chi connectivity index (χ0n) is 12.2. The van der Waals surface area contributed by atoms with Crippen LogP contribution in [-0.4, -0.2) is 12.3 Å². The average Bonchev–Trinajstić information content (AvgIpc) is 2.47. The molecule has 1 aliphatic heterocycles. The molecule has 0 radical (unpaired) electrons. The van der Waals surface area contributed by atoms with Crippen LogP contribution in [0.25, 0.3) is 0 Å². The van der Waals surface area contributed by atoms with Gasteiger partial charge in [0.05, 0.1) is 6.54 Å². The molecule has 0 fully saturated rings. The Morgan fingerprint density at radius 3 is 1.81 bits per heavy atom. The summed E-state index contributed by atoms with van der Waals surface area (Å²) < 4.78 is 0. The number of hydrogen-bond donors (Lipinski definition) is 0. The number of nitrogens with zero attached hydrogens (tertiary/aromatic N) is 1. The SMILES string of the molecule is CC(C)(C)C1=CCN=C1C(C)(C)C(C)(C)C. The van der Waals surface area contributed by atoms with Crippen LogP contribution in [0.3, 0.4) is 0 Å². The molecule has 0 aromatic carbocycles. The van der Waals surface area contributed by atoms with Gasteiger partial charge in [-0.25, -0.2) is 0 Å². The standard InChI is InChI=1S/C15H27N/c1-13(2,3)11-9-10-16-12(11)15(7,8)14(4,5)6/h9H,10H2,1-8H3. The Hall–Kier alpha value is -0.590. The number of aliphatic imine (C=N–C) groups is 1. The van der Waals surface area contributed by atoms with Crippen molar-refractivity contribution in [2.45, 2.75) is 55.4 Å². The zero-order chi connectivity index (χ0) is 12.8. The molecule has 0 aromatic heterocycles. The highest BCUT2D eigenvalue weighted by Gasteiger charge is 2.42. The minimum Gasteiger partial charge on any atom is -0.285 e. The summed E-state index contributed by atoms with van der Waals surface area (Å²) in [6.45, 7) is 19.2. The first-order valence-electron chi connectivity index (χ1n) is 6.24. The molecule has 1 heteroatoms. The van der Waals surface area contributed by atoms with Crippen molar-refractivity contribution in [1.82, 2.24) is 0 Å². The van der Waals surface area contributed by atoms with Gasteiger partial charge >= 0.3 is 0 Å². The number of hydrogen-bond acceptors (Lipinski definition) is 1. The van der Waals surface area contributed by atoms with E-state index in [9.17, 15) is 0 Å². The molecule has 1 aliphatic rings. The minimum absolute atomic E-state index is 0.128. The van der Waals surface area contributed by atoms with E-state index < -0.39 is 0 Å². The van der Waals surface area contributed by atoms with Crippen LogP contribution < -0.4 is 0 Å². The van der Waals surface area contributed by atoms with Crippen molar-refractivity contribution in [2.75, 3.05) is 6.54 Å². The van der Waals surface area contributed by atoms with E-state index in [0.29, 0.717) is 0 Å². The Labute approximate surface area is 101 Å². The Kier molecular flexibility index (Phi) is 3.13. The summed E-state index contributed by atoms with van der Waals surface area (Å²) in [5.41, 5.74) is 3.32. The van der Waals surface area contributed by atoms with E-state index in [1.807, 2.05) is 0 Å². The zero-order valence-corrected chi connectivity index (χ0v) is 12.2. The van der Waals surface area contributed by atoms with E-state index in [1.54, 1.807) is 0 Å². The molecule has 0 amide bonds. The Morgan fingerprint density at radius 2 is 1.44 bits per heavy atom. The summed E-state index contributed by atoms with van der Waals surface area (Å²) in [5.74, 6) is 0. The molecule has 0 saturated heterocycles. The fourth-order valence-corrected chi connectivity index (χ4v) is 1.96. The summed E-state index contributed by atoms with van der Waals surface area (Å²) in [5, 5.41) is 0. The predicted molar refractivity (Wildman–Crippen MR) is 73.1 cm³/mol. The van der Waals surface area contributed by atoms with Gasteiger partial charge in [0.15, 0.2) is 0 Å². The lowest BCUT2D eigenvalue weighted by atomic mass is 9.62. The van der Waals surface area contributed by atoms with Gasteiger partial charge in [0.25, 0.3) is 0 Å². The molecular formula is C15H27N. The van der Waals surface area contributed by atoms with Crippen LogP contribution in [-0.2, 0) is 0 Å². The number of allylic oxidation sites excluding steroid dienone is 1. The molecule has 16 heavy (non-hydrogen) atoms. The Bertz CT molecular complexity index is 329. The van der Waals surface area contributed by atoms with E-state index in [-0.39, 0.29) is 16.2 Å². The first-order valence-corrected chi connectivity index (χ1v) is 6.24. The summed E-state index contributed by atoms with van der Waals surface area (Å²) in [7, 11) is 0. The minimum atomic E-state index is 0.128. The van der Waals surface area contributed by atoms with E-state index in [4.69, 9.17) is 4.99 Å². The number of rotatable bonds is 1. The van der Waals surface area contributed by atoms with Crippen LogP contribution in [0.1, 0.15) is 55.4 Å². The van der Waals surface area contributed by atoms with Crippen molar-refractivity contribution in [3.63, 3.8) is 0 Å². The molecule has 0 N–H and O–H groups in total. The molecule has 0 bridgehead atoms. The third kappa shape index (κ3) is 2.23. The topological polar surface area (TPSA) is 12.4 Å². The highest BCUT2D eigenvalue weighted by molar-refractivity contribution is 6.06. The molecule has 1 heterocycles. The van der Waals surface area contributed by atoms with Gasteiger partial charge in [-0.2, -0.15) is 0 Å². The van der Waals surface area contributed by atoms with Crippen LogP contribution in [0.5, 0.6) is 0 Å². The molecule has 0 atom stereocenters. The average molecular weight is 221 g/mol. The quantitative estimate of drug-likeness (QED) is 0.619. The van der Waals surface area contributed by atoms with Crippen molar-refractivity contribution in [2.24, 2.45) is 21.2 Å². The molecule has 1 nitrogen and oxygen atoms in total. The van der Waals surface area contributed by atoms with E-state index in [2.05, 4.69) is 61.5 Å². The highest BCUT2D eigenvalue weighted by Crippen LogP contribution is 2.45. The smallest absolute Gasteiger partial charge is 0.0580 e. The van der Waals surface area contributed by atoms with Gasteiger partial charge in [0.1, 0.15) is 0 Å². The van der Waals surface area contributed by atoms with Crippen molar-refractivity contribution in [3.8, 4) is 0 Å². The third-order valence-electron chi connectivity index (χ3n) is 4.07. The van der Waals surface area contributed by atoms with Crippen LogP contribution in [0.4, 0.5) is 0 Å². The Balaban J connectivity index is 3.13. The molecule has 0 spiro atoms. The molecule has 0 aromatic rings. The first kappa shape index (κ1) is 13.5. The van der Waals surface area contributed by atoms with Gasteiger partial charge in [0.2, 0.25) is 0 Å². The maximum atomic E-state index is 4.75. The monoisotopic (exact) mass is 221 g/mol. The second-order valence-corrected chi connectivity index (χ2v) is 7.43. The van der Waals surface area contributed by atoms with E-state index >= 15 is 0 Å². The van der Waals surface area contributed by atoms with Crippen LogP contribution >= 0.6 is 0 Å². The van der Waals surface area contributed by atoms with Crippen molar-refractivity contribution in [1.29, 1.82) is 0 Å². The lowest BCUT2D eigenvalue weighted by Crippen LogP contribution is -2.40. The fraction of sp³-hybridized carbons (Fsp3) is 0.800. The lowest BCUT2D eigenvalue weighted by molar-refractivity contribution is 0.215. The van der Waals surface area contributed by atoms with Gasteiger partial charge in [-0.15, -0.1) is 0 Å². The van der Waals surface area contributed by atoms with E-state index in [1.165, 1.54) is 11.3 Å².